The molecule has 0 spiro atoms. The summed E-state index contributed by atoms with van der Waals surface area (Å²) in [7, 11) is 0. The highest BCUT2D eigenvalue weighted by molar-refractivity contribution is 5.69. The molecule has 0 aliphatic carbocycles. The third-order valence-corrected chi connectivity index (χ3v) is 3.94. The molecule has 0 aliphatic rings. The summed E-state index contributed by atoms with van der Waals surface area (Å²) in [4.78, 5) is 72.4. The lowest BCUT2D eigenvalue weighted by Crippen LogP contribution is -2.17. The highest BCUT2D eigenvalue weighted by Crippen LogP contribution is 2.00. The summed E-state index contributed by atoms with van der Waals surface area (Å²) >= 11 is 0. The van der Waals surface area contributed by atoms with E-state index < -0.39 is 0 Å². The molecule has 0 aromatic carbocycles. The standard InChI is InChI=1S/C6H6N6O.2C5H4N4O/c7-12-6-10-4-3(5(13)11-6)8-1-2-9-4;2*10-5-3-4(7-1-6-3)8-2-9-5/h1-2H,7H2,(H2,9,10,11,12,13);2*1-2H,(H2,6,7,8,9,10). The van der Waals surface area contributed by atoms with E-state index in [4.69, 9.17) is 5.84 Å². The van der Waals surface area contributed by atoms with Gasteiger partial charge in [0.05, 0.1) is 25.3 Å². The lowest BCUT2D eigenvalue weighted by Gasteiger charge is -1.98. The van der Waals surface area contributed by atoms with E-state index in [2.05, 4.69) is 65.2 Å². The molecule has 6 aromatic heterocycles. The van der Waals surface area contributed by atoms with Crippen LogP contribution < -0.4 is 27.9 Å². The zero-order chi connectivity index (χ0) is 23.2. The van der Waals surface area contributed by atoms with Gasteiger partial charge in [0, 0.05) is 12.4 Å². The Bertz CT molecular complexity index is 1610. The minimum atomic E-state index is -0.369. The highest BCUT2D eigenvalue weighted by Gasteiger charge is 2.03. The van der Waals surface area contributed by atoms with Gasteiger partial charge in [-0.25, -0.2) is 35.7 Å². The van der Waals surface area contributed by atoms with Crippen LogP contribution in [-0.4, -0.2) is 59.8 Å². The van der Waals surface area contributed by atoms with Crippen LogP contribution in [0, 0.1) is 0 Å². The summed E-state index contributed by atoms with van der Waals surface area (Å²) in [6.45, 7) is 0. The maximum atomic E-state index is 11.3. The van der Waals surface area contributed by atoms with Gasteiger partial charge in [-0.1, -0.05) is 0 Å². The Morgan fingerprint density at radius 1 is 0.636 bits per heavy atom. The van der Waals surface area contributed by atoms with Crippen LogP contribution >= 0.6 is 0 Å². The lowest BCUT2D eigenvalue weighted by atomic mass is 10.5. The predicted molar refractivity (Wildman–Crippen MR) is 115 cm³/mol. The van der Waals surface area contributed by atoms with Gasteiger partial charge in [-0.15, -0.1) is 0 Å². The molecule has 0 radical (unpaired) electrons. The summed E-state index contributed by atoms with van der Waals surface area (Å²) in [5.74, 6) is 5.24. The first-order valence-corrected chi connectivity index (χ1v) is 8.98. The van der Waals surface area contributed by atoms with Crippen molar-refractivity contribution in [3.05, 3.63) is 68.8 Å². The first-order valence-electron chi connectivity index (χ1n) is 8.98. The molecule has 0 fully saturated rings. The number of fused-ring (bicyclic) bond motifs is 3. The fourth-order valence-electron chi connectivity index (χ4n) is 2.49. The number of nitrogens with two attached hydrogens (primary N) is 1. The molecule has 33 heavy (non-hydrogen) atoms. The molecule has 6 aromatic rings. The fourth-order valence-corrected chi connectivity index (χ4v) is 2.49. The zero-order valence-electron chi connectivity index (χ0n) is 16.4. The van der Waals surface area contributed by atoms with Gasteiger partial charge in [0.2, 0.25) is 5.95 Å². The van der Waals surface area contributed by atoms with E-state index in [0.29, 0.717) is 22.3 Å². The molecule has 8 N–H and O–H groups in total. The van der Waals surface area contributed by atoms with Crippen molar-refractivity contribution in [2.24, 2.45) is 5.84 Å². The van der Waals surface area contributed by atoms with Crippen molar-refractivity contribution in [1.82, 2.24) is 59.8 Å². The minimum absolute atomic E-state index is 0.165. The number of hydrogen-bond acceptors (Lipinski definition) is 12. The van der Waals surface area contributed by atoms with Crippen molar-refractivity contribution in [3.8, 4) is 0 Å². The molecule has 0 saturated heterocycles. The Kier molecular flexibility index (Phi) is 5.85. The predicted octanol–water partition coefficient (Wildman–Crippen LogP) is -1.71. The number of aromatic amines is 5. The number of nitrogens with zero attached hydrogens (tertiary/aromatic N) is 7. The monoisotopic (exact) mass is 450 g/mol. The van der Waals surface area contributed by atoms with Crippen molar-refractivity contribution in [2.75, 3.05) is 5.43 Å². The second-order valence-corrected chi connectivity index (χ2v) is 5.95. The number of hydrogen-bond donors (Lipinski definition) is 7. The van der Waals surface area contributed by atoms with Crippen molar-refractivity contribution in [3.63, 3.8) is 0 Å². The molecule has 0 bridgehead atoms. The first-order chi connectivity index (χ1) is 16.1. The average molecular weight is 450 g/mol. The molecule has 166 valence electrons. The smallest absolute Gasteiger partial charge is 0.280 e. The maximum absolute atomic E-state index is 11.3. The molecule has 0 amide bonds. The van der Waals surface area contributed by atoms with Crippen molar-refractivity contribution in [1.29, 1.82) is 0 Å². The third kappa shape index (κ3) is 4.56. The van der Waals surface area contributed by atoms with Gasteiger partial charge in [-0.2, -0.15) is 4.98 Å². The summed E-state index contributed by atoms with van der Waals surface area (Å²) in [5, 5.41) is 0. The van der Waals surface area contributed by atoms with Gasteiger partial charge in [0.1, 0.15) is 0 Å². The van der Waals surface area contributed by atoms with E-state index in [9.17, 15) is 14.4 Å². The topological polar surface area (TPSA) is 258 Å². The van der Waals surface area contributed by atoms with E-state index in [1.54, 1.807) is 0 Å². The molecule has 0 saturated carbocycles. The van der Waals surface area contributed by atoms with Gasteiger partial charge in [0.15, 0.2) is 33.5 Å². The molecule has 0 atom stereocenters. The van der Waals surface area contributed by atoms with Crippen LogP contribution in [0.15, 0.2) is 52.1 Å². The molecular formula is C16H14N14O3. The van der Waals surface area contributed by atoms with Crippen LogP contribution in [0.2, 0.25) is 0 Å². The third-order valence-electron chi connectivity index (χ3n) is 3.94. The van der Waals surface area contributed by atoms with Gasteiger partial charge in [0.25, 0.3) is 16.7 Å². The van der Waals surface area contributed by atoms with E-state index in [-0.39, 0.29) is 33.8 Å². The number of anilines is 1. The Morgan fingerprint density at radius 2 is 1.15 bits per heavy atom. The van der Waals surface area contributed by atoms with Gasteiger partial charge >= 0.3 is 0 Å². The largest absolute Gasteiger partial charge is 0.339 e. The number of hydrazine groups is 1. The van der Waals surface area contributed by atoms with Gasteiger partial charge in [-0.3, -0.25) is 24.8 Å². The normalized spacial score (nSPS) is 10.3. The number of rotatable bonds is 1. The van der Waals surface area contributed by atoms with Crippen LogP contribution in [0.3, 0.4) is 0 Å². The number of nitrogen functional groups attached to an aromatic ring is 1. The van der Waals surface area contributed by atoms with Crippen molar-refractivity contribution >= 4 is 39.4 Å². The van der Waals surface area contributed by atoms with Crippen molar-refractivity contribution < 1.29 is 0 Å². The molecule has 6 rings (SSSR count). The maximum Gasteiger partial charge on any atom is 0.280 e. The number of nitrogens with one attached hydrogen (secondary N) is 6. The van der Waals surface area contributed by atoms with Crippen LogP contribution in [0.25, 0.3) is 33.5 Å². The Morgan fingerprint density at radius 3 is 1.67 bits per heavy atom. The second-order valence-electron chi connectivity index (χ2n) is 5.95. The Balaban J connectivity index is 0.000000119. The van der Waals surface area contributed by atoms with E-state index in [1.165, 1.54) is 37.7 Å². The summed E-state index contributed by atoms with van der Waals surface area (Å²) in [6.07, 6.45) is 8.40. The van der Waals surface area contributed by atoms with Crippen molar-refractivity contribution in [2.45, 2.75) is 0 Å². The Hall–Kier alpha value is -5.32. The van der Waals surface area contributed by atoms with E-state index >= 15 is 0 Å². The molecule has 0 aliphatic heterocycles. The molecule has 6 heterocycles. The zero-order valence-corrected chi connectivity index (χ0v) is 16.4. The second kappa shape index (κ2) is 9.22. The molecular weight excluding hydrogens is 436 g/mol. The number of aromatic nitrogens is 12. The molecule has 17 heteroatoms. The first kappa shape index (κ1) is 20.9. The summed E-state index contributed by atoms with van der Waals surface area (Å²) < 4.78 is 0. The van der Waals surface area contributed by atoms with Crippen LogP contribution in [0.4, 0.5) is 5.95 Å². The molecule has 0 unspecified atom stereocenters. The van der Waals surface area contributed by atoms with E-state index in [1.807, 2.05) is 0 Å². The number of H-pyrrole nitrogens is 5. The van der Waals surface area contributed by atoms with Gasteiger partial charge < -0.3 is 19.9 Å². The van der Waals surface area contributed by atoms with Crippen LogP contribution in [0.5, 0.6) is 0 Å². The van der Waals surface area contributed by atoms with Crippen LogP contribution in [-0.2, 0) is 0 Å². The minimum Gasteiger partial charge on any atom is -0.339 e. The average Bonchev–Trinajstić information content (AvgIpc) is 3.51. The van der Waals surface area contributed by atoms with Crippen LogP contribution in [0.1, 0.15) is 0 Å². The summed E-state index contributed by atoms with van der Waals surface area (Å²) in [6, 6.07) is 0. The number of imidazole rings is 2. The Labute approximate surface area is 180 Å². The lowest BCUT2D eigenvalue weighted by molar-refractivity contribution is 1.08. The molecule has 17 nitrogen and oxygen atoms in total. The highest BCUT2D eigenvalue weighted by atomic mass is 16.1. The van der Waals surface area contributed by atoms with Gasteiger partial charge in [-0.05, 0) is 0 Å². The SMILES string of the molecule is NNc1nc2nccnc2c(=O)[nH]1.O=c1[nH]cnc2nc[nH]c12.O=c1[nH]cnc2nc[nH]c12. The summed E-state index contributed by atoms with van der Waals surface area (Å²) in [5.41, 5.74) is 3.66. The fraction of sp³-hybridized carbons (Fsp3) is 0. The quantitative estimate of drug-likeness (QED) is 0.109. The van der Waals surface area contributed by atoms with E-state index in [0.717, 1.165) is 0 Å².